The molecule has 2 N–H and O–H groups in total. The van der Waals surface area contributed by atoms with Crippen LogP contribution in [-0.2, 0) is 0 Å². The minimum absolute atomic E-state index is 0.173. The van der Waals surface area contributed by atoms with Crippen LogP contribution in [0, 0.1) is 12.7 Å². The van der Waals surface area contributed by atoms with Crippen molar-refractivity contribution in [2.75, 3.05) is 0 Å². The first-order valence-corrected chi connectivity index (χ1v) is 6.67. The molecule has 0 saturated heterocycles. The van der Waals surface area contributed by atoms with Crippen LogP contribution in [0.4, 0.5) is 4.39 Å². The van der Waals surface area contributed by atoms with E-state index >= 15 is 0 Å². The Balaban J connectivity index is 2.31. The van der Waals surface area contributed by atoms with Crippen LogP contribution in [0.2, 0.25) is 0 Å². The number of nitrogens with two attached hydrogens (primary N) is 1. The minimum Gasteiger partial charge on any atom is -0.324 e. The zero-order valence-electron chi connectivity index (χ0n) is 10.5. The van der Waals surface area contributed by atoms with E-state index < -0.39 is 0 Å². The SMILES string of the molecule is Cc1ccc(Sc2ccc(F)cc2[C@@H](C)N)cc1. The van der Waals surface area contributed by atoms with Gasteiger partial charge >= 0.3 is 0 Å². The van der Waals surface area contributed by atoms with E-state index in [1.54, 1.807) is 17.8 Å². The molecule has 2 rings (SSSR count). The Morgan fingerprint density at radius 3 is 2.39 bits per heavy atom. The van der Waals surface area contributed by atoms with E-state index in [0.717, 1.165) is 15.4 Å². The lowest BCUT2D eigenvalue weighted by molar-refractivity contribution is 0.619. The first-order valence-electron chi connectivity index (χ1n) is 5.86. The fourth-order valence-electron chi connectivity index (χ4n) is 1.70. The van der Waals surface area contributed by atoms with Gasteiger partial charge < -0.3 is 5.73 Å². The molecule has 0 amide bonds. The Morgan fingerprint density at radius 1 is 1.11 bits per heavy atom. The largest absolute Gasteiger partial charge is 0.324 e. The topological polar surface area (TPSA) is 26.0 Å². The minimum atomic E-state index is -0.240. The number of halogens is 1. The van der Waals surface area contributed by atoms with Crippen LogP contribution in [0.15, 0.2) is 52.3 Å². The Morgan fingerprint density at radius 2 is 1.78 bits per heavy atom. The highest BCUT2D eigenvalue weighted by Gasteiger charge is 2.09. The van der Waals surface area contributed by atoms with Crippen LogP contribution in [0.1, 0.15) is 24.1 Å². The van der Waals surface area contributed by atoms with E-state index in [9.17, 15) is 4.39 Å². The second-order valence-corrected chi connectivity index (χ2v) is 5.50. The van der Waals surface area contributed by atoms with Crippen molar-refractivity contribution >= 4 is 11.8 Å². The maximum absolute atomic E-state index is 13.2. The normalized spacial score (nSPS) is 12.4. The van der Waals surface area contributed by atoms with E-state index in [1.165, 1.54) is 17.7 Å². The molecule has 0 aromatic heterocycles. The first kappa shape index (κ1) is 13.1. The molecule has 0 aliphatic rings. The van der Waals surface area contributed by atoms with Gasteiger partial charge in [0.15, 0.2) is 0 Å². The quantitative estimate of drug-likeness (QED) is 0.891. The van der Waals surface area contributed by atoms with Crippen molar-refractivity contribution in [2.45, 2.75) is 29.7 Å². The number of rotatable bonds is 3. The zero-order chi connectivity index (χ0) is 13.1. The van der Waals surface area contributed by atoms with Crippen LogP contribution in [0.5, 0.6) is 0 Å². The van der Waals surface area contributed by atoms with Gasteiger partial charge in [-0.3, -0.25) is 0 Å². The molecule has 2 aromatic rings. The van der Waals surface area contributed by atoms with E-state index in [4.69, 9.17) is 5.73 Å². The van der Waals surface area contributed by atoms with Crippen molar-refractivity contribution in [3.8, 4) is 0 Å². The van der Waals surface area contributed by atoms with Gasteiger partial charge in [-0.1, -0.05) is 29.5 Å². The summed E-state index contributed by atoms with van der Waals surface area (Å²) in [5.74, 6) is -0.240. The van der Waals surface area contributed by atoms with Crippen LogP contribution in [0.3, 0.4) is 0 Å². The second-order valence-electron chi connectivity index (χ2n) is 4.39. The fourth-order valence-corrected chi connectivity index (χ4v) is 2.73. The Kier molecular flexibility index (Phi) is 4.04. The van der Waals surface area contributed by atoms with E-state index in [2.05, 4.69) is 31.2 Å². The van der Waals surface area contributed by atoms with Crippen LogP contribution in [-0.4, -0.2) is 0 Å². The lowest BCUT2D eigenvalue weighted by Gasteiger charge is -2.12. The summed E-state index contributed by atoms with van der Waals surface area (Å²) in [4.78, 5) is 2.14. The lowest BCUT2D eigenvalue weighted by Crippen LogP contribution is -2.06. The van der Waals surface area contributed by atoms with Crippen LogP contribution >= 0.6 is 11.8 Å². The van der Waals surface area contributed by atoms with Gasteiger partial charge in [0.25, 0.3) is 0 Å². The molecule has 0 spiro atoms. The third-order valence-electron chi connectivity index (χ3n) is 2.71. The molecule has 0 aliphatic heterocycles. The summed E-state index contributed by atoms with van der Waals surface area (Å²) in [5.41, 5.74) is 7.96. The summed E-state index contributed by atoms with van der Waals surface area (Å²) >= 11 is 1.61. The summed E-state index contributed by atoms with van der Waals surface area (Å²) < 4.78 is 13.2. The molecule has 0 radical (unpaired) electrons. The van der Waals surface area contributed by atoms with Gasteiger partial charge in [0, 0.05) is 15.8 Å². The average Bonchev–Trinajstić information content (AvgIpc) is 2.34. The third-order valence-corrected chi connectivity index (χ3v) is 3.81. The molecule has 2 aromatic carbocycles. The maximum atomic E-state index is 13.2. The average molecular weight is 261 g/mol. The maximum Gasteiger partial charge on any atom is 0.123 e. The summed E-state index contributed by atoms with van der Waals surface area (Å²) in [5, 5.41) is 0. The van der Waals surface area contributed by atoms with Gasteiger partial charge in [-0.15, -0.1) is 0 Å². The molecule has 0 unspecified atom stereocenters. The van der Waals surface area contributed by atoms with Crippen molar-refractivity contribution in [1.82, 2.24) is 0 Å². The first-order chi connectivity index (χ1) is 8.56. The van der Waals surface area contributed by atoms with Gasteiger partial charge in [0.1, 0.15) is 5.82 Å². The molecule has 0 bridgehead atoms. The molecule has 0 fully saturated rings. The summed E-state index contributed by atoms with van der Waals surface area (Å²) in [6, 6.07) is 12.9. The highest BCUT2D eigenvalue weighted by Crippen LogP contribution is 2.33. The molecular weight excluding hydrogens is 245 g/mol. The summed E-state index contributed by atoms with van der Waals surface area (Å²) in [6.07, 6.45) is 0. The number of hydrogen-bond acceptors (Lipinski definition) is 2. The van der Waals surface area contributed by atoms with Gasteiger partial charge in [0.05, 0.1) is 0 Å². The van der Waals surface area contributed by atoms with Crippen molar-refractivity contribution < 1.29 is 4.39 Å². The lowest BCUT2D eigenvalue weighted by atomic mass is 10.1. The number of hydrogen-bond donors (Lipinski definition) is 1. The van der Waals surface area contributed by atoms with Gasteiger partial charge in [-0.2, -0.15) is 0 Å². The van der Waals surface area contributed by atoms with Crippen molar-refractivity contribution in [3.63, 3.8) is 0 Å². The second kappa shape index (κ2) is 5.55. The van der Waals surface area contributed by atoms with Gasteiger partial charge in [0.2, 0.25) is 0 Å². The molecule has 0 saturated carbocycles. The van der Waals surface area contributed by atoms with Gasteiger partial charge in [-0.25, -0.2) is 4.39 Å². The molecule has 0 heterocycles. The standard InChI is InChI=1S/C15H16FNS/c1-10-3-6-13(7-4-10)18-15-8-5-12(16)9-14(15)11(2)17/h3-9,11H,17H2,1-2H3/t11-/m1/s1. The Labute approximate surface area is 111 Å². The molecular formula is C15H16FNS. The smallest absolute Gasteiger partial charge is 0.123 e. The van der Waals surface area contributed by atoms with E-state index in [0.29, 0.717) is 0 Å². The van der Waals surface area contributed by atoms with Crippen LogP contribution < -0.4 is 5.73 Å². The van der Waals surface area contributed by atoms with Crippen molar-refractivity contribution in [2.24, 2.45) is 5.73 Å². The molecule has 3 heteroatoms. The molecule has 18 heavy (non-hydrogen) atoms. The van der Waals surface area contributed by atoms with Crippen molar-refractivity contribution in [3.05, 3.63) is 59.4 Å². The zero-order valence-corrected chi connectivity index (χ0v) is 11.3. The highest BCUT2D eigenvalue weighted by molar-refractivity contribution is 7.99. The Hall–Kier alpha value is -1.32. The monoisotopic (exact) mass is 261 g/mol. The molecule has 1 atom stereocenters. The summed E-state index contributed by atoms with van der Waals surface area (Å²) in [7, 11) is 0. The van der Waals surface area contributed by atoms with Crippen molar-refractivity contribution in [1.29, 1.82) is 0 Å². The van der Waals surface area contributed by atoms with E-state index in [-0.39, 0.29) is 11.9 Å². The Bertz CT molecular complexity index is 535. The fraction of sp³-hybridized carbons (Fsp3) is 0.200. The number of aryl methyl sites for hydroxylation is 1. The third kappa shape index (κ3) is 3.12. The highest BCUT2D eigenvalue weighted by atomic mass is 32.2. The van der Waals surface area contributed by atoms with Crippen LogP contribution in [0.25, 0.3) is 0 Å². The molecule has 0 aliphatic carbocycles. The van der Waals surface area contributed by atoms with Gasteiger partial charge in [-0.05, 0) is 49.7 Å². The predicted molar refractivity (Wildman–Crippen MR) is 74.3 cm³/mol. The summed E-state index contributed by atoms with van der Waals surface area (Å²) in [6.45, 7) is 3.92. The van der Waals surface area contributed by atoms with E-state index in [1.807, 2.05) is 6.92 Å². The number of benzene rings is 2. The molecule has 94 valence electrons. The molecule has 1 nitrogen and oxygen atoms in total. The predicted octanol–water partition coefficient (Wildman–Crippen LogP) is 4.31.